The highest BCUT2D eigenvalue weighted by atomic mass is 32.2. The first kappa shape index (κ1) is 23.6. The van der Waals surface area contributed by atoms with Crippen LogP contribution in [0.5, 0.6) is 0 Å². The summed E-state index contributed by atoms with van der Waals surface area (Å²) in [7, 11) is 2.19. The monoisotopic (exact) mass is 507 g/mol. The van der Waals surface area contributed by atoms with E-state index in [-0.39, 0.29) is 5.91 Å². The molecule has 2 aromatic heterocycles. The van der Waals surface area contributed by atoms with Gasteiger partial charge in [0.05, 0.1) is 0 Å². The van der Waals surface area contributed by atoms with Crippen molar-refractivity contribution in [2.24, 2.45) is 0 Å². The molecule has 0 spiro atoms. The second-order valence-electron chi connectivity index (χ2n) is 9.56. The van der Waals surface area contributed by atoms with Crippen molar-refractivity contribution >= 4 is 51.0 Å². The number of hydrogen-bond acceptors (Lipinski definition) is 5. The van der Waals surface area contributed by atoms with E-state index < -0.39 is 0 Å². The van der Waals surface area contributed by atoms with Gasteiger partial charge in [0.2, 0.25) is 5.91 Å². The number of amides is 1. The van der Waals surface area contributed by atoms with Gasteiger partial charge in [-0.2, -0.15) is 0 Å². The van der Waals surface area contributed by atoms with Gasteiger partial charge in [-0.1, -0.05) is 30.0 Å². The maximum absolute atomic E-state index is 11.3. The fourth-order valence-corrected chi connectivity index (χ4v) is 5.88. The van der Waals surface area contributed by atoms with Crippen LogP contribution in [-0.4, -0.2) is 54.0 Å². The summed E-state index contributed by atoms with van der Waals surface area (Å²) in [6.45, 7) is 5.87. The standard InChI is InChI=1S/C30H29N5OS/c1-20(36)32-23-6-10-25(11-7-23)37-28-13-14-31-30-29(28)26-19-22(5-12-27(26)33-30)21-3-8-24(9-4-21)35-17-15-34(2)16-18-35/h3-14,19H,15-18H2,1-2H3,(H,31,33)(H,32,36). The molecule has 7 heteroatoms. The largest absolute Gasteiger partial charge is 0.369 e. The van der Waals surface area contributed by atoms with Gasteiger partial charge in [-0.05, 0) is 72.8 Å². The van der Waals surface area contributed by atoms with Crippen molar-refractivity contribution in [3.05, 3.63) is 79.0 Å². The van der Waals surface area contributed by atoms with Gasteiger partial charge < -0.3 is 20.1 Å². The predicted molar refractivity (Wildman–Crippen MR) is 154 cm³/mol. The number of piperazine rings is 1. The van der Waals surface area contributed by atoms with Crippen molar-refractivity contribution in [2.45, 2.75) is 16.7 Å². The summed E-state index contributed by atoms with van der Waals surface area (Å²) in [5.74, 6) is -0.0696. The maximum atomic E-state index is 11.3. The van der Waals surface area contributed by atoms with Crippen LogP contribution < -0.4 is 10.2 Å². The summed E-state index contributed by atoms with van der Waals surface area (Å²) in [4.78, 5) is 26.5. The van der Waals surface area contributed by atoms with Gasteiger partial charge in [0.15, 0.2) is 0 Å². The van der Waals surface area contributed by atoms with Crippen LogP contribution in [-0.2, 0) is 4.79 Å². The van der Waals surface area contributed by atoms with Crippen LogP contribution in [0, 0.1) is 0 Å². The van der Waals surface area contributed by atoms with E-state index in [9.17, 15) is 4.79 Å². The molecule has 1 aliphatic heterocycles. The molecule has 6 nitrogen and oxygen atoms in total. The van der Waals surface area contributed by atoms with Gasteiger partial charge >= 0.3 is 0 Å². The number of likely N-dealkylation sites (N-methyl/N-ethyl adjacent to an activating group) is 1. The molecule has 0 saturated carbocycles. The number of carbonyl (C=O) groups is 1. The van der Waals surface area contributed by atoms with Gasteiger partial charge in [0.25, 0.3) is 0 Å². The maximum Gasteiger partial charge on any atom is 0.221 e. The smallest absolute Gasteiger partial charge is 0.221 e. The molecule has 3 heterocycles. The Morgan fingerprint density at radius 2 is 1.65 bits per heavy atom. The van der Waals surface area contributed by atoms with E-state index in [0.29, 0.717) is 0 Å². The zero-order valence-corrected chi connectivity index (χ0v) is 21.8. The number of pyridine rings is 1. The highest BCUT2D eigenvalue weighted by molar-refractivity contribution is 7.99. The molecule has 5 aromatic rings. The lowest BCUT2D eigenvalue weighted by Gasteiger charge is -2.34. The van der Waals surface area contributed by atoms with E-state index in [1.165, 1.54) is 29.1 Å². The van der Waals surface area contributed by atoms with Crippen LogP contribution in [0.4, 0.5) is 11.4 Å². The molecule has 37 heavy (non-hydrogen) atoms. The molecule has 6 rings (SSSR count). The van der Waals surface area contributed by atoms with Gasteiger partial charge in [-0.25, -0.2) is 4.98 Å². The third-order valence-electron chi connectivity index (χ3n) is 6.93. The summed E-state index contributed by atoms with van der Waals surface area (Å²) >= 11 is 1.70. The number of carbonyl (C=O) groups excluding carboxylic acids is 1. The number of aromatic nitrogens is 2. The van der Waals surface area contributed by atoms with E-state index in [4.69, 9.17) is 0 Å². The molecule has 0 atom stereocenters. The van der Waals surface area contributed by atoms with Crippen LogP contribution in [0.25, 0.3) is 33.1 Å². The quantitative estimate of drug-likeness (QED) is 0.295. The van der Waals surface area contributed by atoms with Crippen molar-refractivity contribution in [3.8, 4) is 11.1 Å². The molecule has 1 amide bonds. The lowest BCUT2D eigenvalue weighted by molar-refractivity contribution is -0.114. The van der Waals surface area contributed by atoms with E-state index in [0.717, 1.165) is 58.2 Å². The third-order valence-corrected chi connectivity index (χ3v) is 7.99. The zero-order valence-electron chi connectivity index (χ0n) is 21.0. The van der Waals surface area contributed by atoms with E-state index in [1.807, 2.05) is 30.5 Å². The highest BCUT2D eigenvalue weighted by Gasteiger charge is 2.15. The molecular formula is C30H29N5OS. The average Bonchev–Trinajstić information content (AvgIpc) is 3.29. The molecule has 1 saturated heterocycles. The predicted octanol–water partition coefficient (Wildman–Crippen LogP) is 6.24. The molecule has 186 valence electrons. The molecule has 0 unspecified atom stereocenters. The number of fused-ring (bicyclic) bond motifs is 3. The lowest BCUT2D eigenvalue weighted by atomic mass is 10.0. The molecule has 3 aromatic carbocycles. The van der Waals surface area contributed by atoms with Crippen molar-refractivity contribution < 1.29 is 4.79 Å². The van der Waals surface area contributed by atoms with Crippen LogP contribution in [0.15, 0.2) is 88.8 Å². The number of rotatable bonds is 5. The van der Waals surface area contributed by atoms with Gasteiger partial charge in [-0.3, -0.25) is 4.79 Å². The van der Waals surface area contributed by atoms with Crippen molar-refractivity contribution in [3.63, 3.8) is 0 Å². The minimum atomic E-state index is -0.0696. The van der Waals surface area contributed by atoms with Crippen molar-refractivity contribution in [1.29, 1.82) is 0 Å². The third kappa shape index (κ3) is 4.92. The number of aromatic amines is 1. The van der Waals surface area contributed by atoms with E-state index >= 15 is 0 Å². The number of anilines is 2. The second-order valence-corrected chi connectivity index (χ2v) is 10.7. The minimum absolute atomic E-state index is 0.0696. The number of nitrogens with one attached hydrogen (secondary N) is 2. The fourth-order valence-electron chi connectivity index (χ4n) is 4.92. The molecule has 0 radical (unpaired) electrons. The first-order valence-corrected chi connectivity index (χ1v) is 13.3. The van der Waals surface area contributed by atoms with Crippen molar-refractivity contribution in [1.82, 2.24) is 14.9 Å². The Hall–Kier alpha value is -3.81. The molecule has 1 fully saturated rings. The van der Waals surface area contributed by atoms with Crippen LogP contribution in [0.1, 0.15) is 6.92 Å². The summed E-state index contributed by atoms with van der Waals surface area (Å²) in [5.41, 5.74) is 6.45. The van der Waals surface area contributed by atoms with Gasteiger partial charge in [0.1, 0.15) is 5.65 Å². The number of hydrogen-bond donors (Lipinski definition) is 2. The molecule has 1 aliphatic rings. The Bertz CT molecular complexity index is 1570. The Morgan fingerprint density at radius 3 is 2.38 bits per heavy atom. The number of benzene rings is 3. The van der Waals surface area contributed by atoms with Gasteiger partial charge in [0, 0.05) is 76.8 Å². The van der Waals surface area contributed by atoms with E-state index in [2.05, 4.69) is 80.7 Å². The van der Waals surface area contributed by atoms with Crippen molar-refractivity contribution in [2.75, 3.05) is 43.4 Å². The topological polar surface area (TPSA) is 64.3 Å². The van der Waals surface area contributed by atoms with Crippen LogP contribution in [0.2, 0.25) is 0 Å². The Labute approximate surface area is 220 Å². The summed E-state index contributed by atoms with van der Waals surface area (Å²) in [5, 5.41) is 5.12. The Morgan fingerprint density at radius 1 is 0.919 bits per heavy atom. The average molecular weight is 508 g/mol. The molecular weight excluding hydrogens is 478 g/mol. The van der Waals surface area contributed by atoms with E-state index in [1.54, 1.807) is 11.8 Å². The molecule has 2 N–H and O–H groups in total. The second kappa shape index (κ2) is 9.92. The lowest BCUT2D eigenvalue weighted by Crippen LogP contribution is -2.44. The Balaban J connectivity index is 1.31. The first-order chi connectivity index (χ1) is 18.0. The molecule has 0 aliphatic carbocycles. The first-order valence-electron chi connectivity index (χ1n) is 12.5. The summed E-state index contributed by atoms with van der Waals surface area (Å²) in [6.07, 6.45) is 1.85. The number of nitrogens with zero attached hydrogens (tertiary/aromatic N) is 3. The SMILES string of the molecule is CC(=O)Nc1ccc(Sc2ccnc3[nH]c4ccc(-c5ccc(N6CCN(C)CC6)cc5)cc4c23)cc1. The van der Waals surface area contributed by atoms with Crippen LogP contribution >= 0.6 is 11.8 Å². The fraction of sp³-hybridized carbons (Fsp3) is 0.200. The van der Waals surface area contributed by atoms with Gasteiger partial charge in [-0.15, -0.1) is 0 Å². The highest BCUT2D eigenvalue weighted by Crippen LogP contribution is 2.38. The summed E-state index contributed by atoms with van der Waals surface area (Å²) in [6, 6.07) is 25.5. The molecule has 0 bridgehead atoms. The zero-order chi connectivity index (χ0) is 25.4. The normalized spacial score (nSPS) is 14.4. The minimum Gasteiger partial charge on any atom is -0.369 e. The Kier molecular flexibility index (Phi) is 6.32. The number of H-pyrrole nitrogens is 1. The van der Waals surface area contributed by atoms with Crippen LogP contribution in [0.3, 0.4) is 0 Å². The summed E-state index contributed by atoms with van der Waals surface area (Å²) < 4.78 is 0.